The van der Waals surface area contributed by atoms with Gasteiger partial charge in [-0.25, -0.2) is 4.68 Å². The molecule has 1 amide bonds. The molecule has 0 fully saturated rings. The number of amides is 1. The number of rotatable bonds is 3. The van der Waals surface area contributed by atoms with Gasteiger partial charge >= 0.3 is 0 Å². The summed E-state index contributed by atoms with van der Waals surface area (Å²) >= 11 is 3.46. The fraction of sp³-hybridized carbons (Fsp3) is 0.286. The molecule has 1 aromatic heterocycles. The van der Waals surface area contributed by atoms with Gasteiger partial charge in [0.2, 0.25) is 0 Å². The molecule has 0 bridgehead atoms. The van der Waals surface area contributed by atoms with Crippen LogP contribution >= 0.6 is 15.9 Å². The van der Waals surface area contributed by atoms with E-state index in [1.54, 1.807) is 38.0 Å². The van der Waals surface area contributed by atoms with Gasteiger partial charge < -0.3 is 10.0 Å². The number of nitrogens with zero attached hydrogens (tertiary/aromatic N) is 3. The monoisotopic (exact) mass is 337 g/mol. The van der Waals surface area contributed by atoms with Gasteiger partial charge in [0, 0.05) is 24.8 Å². The summed E-state index contributed by atoms with van der Waals surface area (Å²) in [6.45, 7) is 1.71. The van der Waals surface area contributed by atoms with Gasteiger partial charge in [-0.15, -0.1) is 0 Å². The zero-order valence-corrected chi connectivity index (χ0v) is 13.1. The maximum atomic E-state index is 11.8. The largest absolute Gasteiger partial charge is 0.389 e. The summed E-state index contributed by atoms with van der Waals surface area (Å²) in [7, 11) is 3.38. The molecule has 0 spiro atoms. The van der Waals surface area contributed by atoms with Crippen LogP contribution in [0.1, 0.15) is 29.1 Å². The van der Waals surface area contributed by atoms with Crippen LogP contribution in [-0.4, -0.2) is 39.8 Å². The maximum absolute atomic E-state index is 11.8. The smallest absolute Gasteiger partial charge is 0.273 e. The summed E-state index contributed by atoms with van der Waals surface area (Å²) in [6.07, 6.45) is 1.21. The van der Waals surface area contributed by atoms with Gasteiger partial charge in [-0.05, 0) is 46.6 Å². The van der Waals surface area contributed by atoms with E-state index in [0.717, 1.165) is 15.7 Å². The minimum Gasteiger partial charge on any atom is -0.389 e. The van der Waals surface area contributed by atoms with Crippen LogP contribution < -0.4 is 0 Å². The van der Waals surface area contributed by atoms with E-state index in [0.29, 0.717) is 5.69 Å². The molecule has 0 radical (unpaired) electrons. The maximum Gasteiger partial charge on any atom is 0.273 e. The highest BCUT2D eigenvalue weighted by Gasteiger charge is 2.13. The Labute approximate surface area is 126 Å². The summed E-state index contributed by atoms with van der Waals surface area (Å²) in [5, 5.41) is 13.8. The fourth-order valence-corrected chi connectivity index (χ4v) is 2.35. The van der Waals surface area contributed by atoms with Crippen molar-refractivity contribution >= 4 is 21.8 Å². The average Bonchev–Trinajstić information content (AvgIpc) is 2.86. The lowest BCUT2D eigenvalue weighted by Gasteiger charge is -2.10. The normalized spacial score (nSPS) is 12.2. The van der Waals surface area contributed by atoms with Crippen LogP contribution in [0.2, 0.25) is 0 Å². The van der Waals surface area contributed by atoms with Gasteiger partial charge in [0.1, 0.15) is 0 Å². The summed E-state index contributed by atoms with van der Waals surface area (Å²) in [5.41, 5.74) is 2.02. The molecule has 2 rings (SSSR count). The topological polar surface area (TPSA) is 58.4 Å². The second-order valence-electron chi connectivity index (χ2n) is 4.73. The summed E-state index contributed by atoms with van der Waals surface area (Å²) in [4.78, 5) is 13.3. The van der Waals surface area contributed by atoms with Crippen LogP contribution in [0.3, 0.4) is 0 Å². The van der Waals surface area contributed by atoms with Gasteiger partial charge in [0.05, 0.1) is 11.8 Å². The Kier molecular flexibility index (Phi) is 4.25. The number of aliphatic hydroxyl groups is 1. The third-order valence-corrected chi connectivity index (χ3v) is 3.55. The molecule has 0 aliphatic rings. The SMILES string of the molecule is CC(O)c1ccc(-n2ccc(C(=O)N(C)C)n2)c(Br)c1. The molecule has 1 heterocycles. The predicted octanol–water partition coefficient (Wildman–Crippen LogP) is 2.39. The molecule has 0 saturated carbocycles. The van der Waals surface area contributed by atoms with Crippen molar-refractivity contribution in [3.63, 3.8) is 0 Å². The number of hydrogen-bond donors (Lipinski definition) is 1. The zero-order valence-electron chi connectivity index (χ0n) is 11.5. The second-order valence-corrected chi connectivity index (χ2v) is 5.59. The highest BCUT2D eigenvalue weighted by molar-refractivity contribution is 9.10. The number of benzene rings is 1. The molecule has 0 aliphatic carbocycles. The minimum absolute atomic E-state index is 0.138. The van der Waals surface area contributed by atoms with Crippen molar-refractivity contribution in [3.8, 4) is 5.69 Å². The second kappa shape index (κ2) is 5.76. The highest BCUT2D eigenvalue weighted by atomic mass is 79.9. The first-order chi connectivity index (χ1) is 9.40. The molecular weight excluding hydrogens is 322 g/mol. The Morgan fingerprint density at radius 1 is 1.40 bits per heavy atom. The molecule has 6 heteroatoms. The van der Waals surface area contributed by atoms with Crippen molar-refractivity contribution in [1.82, 2.24) is 14.7 Å². The Morgan fingerprint density at radius 2 is 2.10 bits per heavy atom. The molecule has 20 heavy (non-hydrogen) atoms. The zero-order chi connectivity index (χ0) is 14.9. The summed E-state index contributed by atoms with van der Waals surface area (Å²) in [5.74, 6) is -0.138. The van der Waals surface area contributed by atoms with E-state index in [1.165, 1.54) is 4.90 Å². The number of aliphatic hydroxyl groups excluding tert-OH is 1. The quantitative estimate of drug-likeness (QED) is 0.935. The van der Waals surface area contributed by atoms with E-state index in [9.17, 15) is 9.90 Å². The molecule has 106 valence electrons. The number of aromatic nitrogens is 2. The van der Waals surface area contributed by atoms with E-state index >= 15 is 0 Å². The molecule has 1 aromatic carbocycles. The molecular formula is C14H16BrN3O2. The van der Waals surface area contributed by atoms with E-state index in [4.69, 9.17) is 0 Å². The van der Waals surface area contributed by atoms with Crippen molar-refractivity contribution in [3.05, 3.63) is 46.2 Å². The van der Waals surface area contributed by atoms with Gasteiger partial charge in [-0.2, -0.15) is 5.10 Å². The third-order valence-electron chi connectivity index (χ3n) is 2.92. The molecule has 0 saturated heterocycles. The van der Waals surface area contributed by atoms with Crippen molar-refractivity contribution in [2.24, 2.45) is 0 Å². The van der Waals surface area contributed by atoms with Gasteiger partial charge in [0.25, 0.3) is 5.91 Å². The van der Waals surface area contributed by atoms with Crippen LogP contribution in [0.25, 0.3) is 5.69 Å². The van der Waals surface area contributed by atoms with E-state index in [-0.39, 0.29) is 5.91 Å². The van der Waals surface area contributed by atoms with Crippen LogP contribution in [0, 0.1) is 0 Å². The van der Waals surface area contributed by atoms with Crippen molar-refractivity contribution in [2.75, 3.05) is 14.1 Å². The average molecular weight is 338 g/mol. The summed E-state index contributed by atoms with van der Waals surface area (Å²) in [6, 6.07) is 7.20. The van der Waals surface area contributed by atoms with Crippen molar-refractivity contribution in [1.29, 1.82) is 0 Å². The first kappa shape index (κ1) is 14.7. The Balaban J connectivity index is 2.35. The Morgan fingerprint density at radius 3 is 2.65 bits per heavy atom. The number of carbonyl (C=O) groups excluding carboxylic acids is 1. The molecule has 1 atom stereocenters. The third kappa shape index (κ3) is 2.91. The molecule has 2 aromatic rings. The van der Waals surface area contributed by atoms with E-state index in [1.807, 2.05) is 18.2 Å². The Bertz CT molecular complexity index is 635. The van der Waals surface area contributed by atoms with Crippen molar-refractivity contribution < 1.29 is 9.90 Å². The van der Waals surface area contributed by atoms with Gasteiger partial charge in [-0.3, -0.25) is 4.79 Å². The Hall–Kier alpha value is -1.66. The minimum atomic E-state index is -0.524. The number of halogens is 1. The van der Waals surface area contributed by atoms with Gasteiger partial charge in [0.15, 0.2) is 5.69 Å². The molecule has 5 nitrogen and oxygen atoms in total. The molecule has 1 unspecified atom stereocenters. The van der Waals surface area contributed by atoms with Crippen molar-refractivity contribution in [2.45, 2.75) is 13.0 Å². The first-order valence-corrected chi connectivity index (χ1v) is 6.94. The number of hydrogen-bond acceptors (Lipinski definition) is 3. The van der Waals surface area contributed by atoms with Crippen LogP contribution in [0.5, 0.6) is 0 Å². The number of carbonyl (C=O) groups is 1. The lowest BCUT2D eigenvalue weighted by atomic mass is 10.1. The standard InChI is InChI=1S/C14H16BrN3O2/c1-9(19)10-4-5-13(11(15)8-10)18-7-6-12(16-18)14(20)17(2)3/h4-9,19H,1-3H3. The lowest BCUT2D eigenvalue weighted by Crippen LogP contribution is -2.22. The predicted molar refractivity (Wildman–Crippen MR) is 79.9 cm³/mol. The summed E-state index contributed by atoms with van der Waals surface area (Å²) < 4.78 is 2.44. The van der Waals surface area contributed by atoms with Gasteiger partial charge in [-0.1, -0.05) is 6.07 Å². The molecule has 0 aliphatic heterocycles. The van der Waals surface area contributed by atoms with Crippen LogP contribution in [-0.2, 0) is 0 Å². The van der Waals surface area contributed by atoms with E-state index < -0.39 is 6.10 Å². The lowest BCUT2D eigenvalue weighted by molar-refractivity contribution is 0.0821. The fourth-order valence-electron chi connectivity index (χ4n) is 1.77. The molecule has 1 N–H and O–H groups in total. The van der Waals surface area contributed by atoms with Crippen LogP contribution in [0.4, 0.5) is 0 Å². The highest BCUT2D eigenvalue weighted by Crippen LogP contribution is 2.25. The van der Waals surface area contributed by atoms with Crippen LogP contribution in [0.15, 0.2) is 34.9 Å². The van der Waals surface area contributed by atoms with E-state index in [2.05, 4.69) is 21.0 Å². The first-order valence-electron chi connectivity index (χ1n) is 6.15.